The van der Waals surface area contributed by atoms with Crippen LogP contribution in [-0.2, 0) is 6.54 Å². The van der Waals surface area contributed by atoms with E-state index in [1.807, 2.05) is 36.0 Å². The summed E-state index contributed by atoms with van der Waals surface area (Å²) in [6, 6.07) is 9.82. The van der Waals surface area contributed by atoms with Gasteiger partial charge in [-0.15, -0.1) is 0 Å². The third-order valence-corrected chi connectivity index (χ3v) is 4.69. The smallest absolute Gasteiger partial charge is 0.157 e. The molecule has 2 aliphatic rings. The van der Waals surface area contributed by atoms with E-state index in [1.165, 1.54) is 18.4 Å². The first-order valence-electron chi connectivity index (χ1n) is 6.29. The topological polar surface area (TPSA) is 48.2 Å². The van der Waals surface area contributed by atoms with Crippen LogP contribution in [0, 0.1) is 17.2 Å². The SMILES string of the molecule is N#Cc1ccc(CNC2=NCC(C3CC3)S2)cc1. The van der Waals surface area contributed by atoms with Crippen molar-refractivity contribution in [1.29, 1.82) is 5.26 Å². The fourth-order valence-corrected chi connectivity index (χ4v) is 3.28. The second kappa shape index (κ2) is 5.03. The van der Waals surface area contributed by atoms with Crippen molar-refractivity contribution in [3.63, 3.8) is 0 Å². The normalized spacial score (nSPS) is 22.4. The molecular formula is C14H15N3S. The zero-order chi connectivity index (χ0) is 12.4. The number of hydrogen-bond acceptors (Lipinski definition) is 4. The second-order valence-corrected chi connectivity index (χ2v) is 6.03. The summed E-state index contributed by atoms with van der Waals surface area (Å²) in [4.78, 5) is 4.54. The molecule has 0 bridgehead atoms. The van der Waals surface area contributed by atoms with E-state index in [2.05, 4.69) is 16.4 Å². The molecule has 18 heavy (non-hydrogen) atoms. The number of nitrogens with zero attached hydrogens (tertiary/aromatic N) is 2. The molecule has 1 aromatic rings. The molecule has 1 N–H and O–H groups in total. The maximum Gasteiger partial charge on any atom is 0.157 e. The number of aliphatic imine (C=N–C) groups is 1. The highest BCUT2D eigenvalue weighted by atomic mass is 32.2. The highest BCUT2D eigenvalue weighted by molar-refractivity contribution is 8.14. The van der Waals surface area contributed by atoms with Crippen LogP contribution in [0.4, 0.5) is 0 Å². The summed E-state index contributed by atoms with van der Waals surface area (Å²) in [5.74, 6) is 0.910. The summed E-state index contributed by atoms with van der Waals surface area (Å²) in [6.07, 6.45) is 2.77. The largest absolute Gasteiger partial charge is 0.361 e. The number of nitrogens with one attached hydrogen (secondary N) is 1. The predicted octanol–water partition coefficient (Wildman–Crippen LogP) is 2.53. The molecular weight excluding hydrogens is 242 g/mol. The number of rotatable bonds is 3. The molecule has 0 radical (unpaired) electrons. The highest BCUT2D eigenvalue weighted by Crippen LogP contribution is 2.41. The zero-order valence-corrected chi connectivity index (χ0v) is 10.9. The van der Waals surface area contributed by atoms with Gasteiger partial charge in [-0.05, 0) is 36.5 Å². The Morgan fingerprint density at radius 3 is 2.78 bits per heavy atom. The fourth-order valence-electron chi connectivity index (χ4n) is 2.08. The quantitative estimate of drug-likeness (QED) is 0.905. The maximum absolute atomic E-state index is 8.73. The van der Waals surface area contributed by atoms with Gasteiger partial charge < -0.3 is 5.32 Å². The number of benzene rings is 1. The Labute approximate surface area is 111 Å². The molecule has 4 heteroatoms. The van der Waals surface area contributed by atoms with Crippen molar-refractivity contribution in [1.82, 2.24) is 5.32 Å². The summed E-state index contributed by atoms with van der Waals surface area (Å²) < 4.78 is 0. The second-order valence-electron chi connectivity index (χ2n) is 4.80. The third kappa shape index (κ3) is 2.68. The lowest BCUT2D eigenvalue weighted by atomic mass is 10.1. The van der Waals surface area contributed by atoms with Crippen molar-refractivity contribution in [3.05, 3.63) is 35.4 Å². The molecule has 0 saturated heterocycles. The molecule has 1 fully saturated rings. The first-order chi connectivity index (χ1) is 8.85. The predicted molar refractivity (Wildman–Crippen MR) is 74.4 cm³/mol. The molecule has 0 spiro atoms. The van der Waals surface area contributed by atoms with Crippen molar-refractivity contribution in [2.45, 2.75) is 24.6 Å². The van der Waals surface area contributed by atoms with Gasteiger partial charge >= 0.3 is 0 Å². The van der Waals surface area contributed by atoms with Gasteiger partial charge in [0.15, 0.2) is 5.17 Å². The Kier molecular flexibility index (Phi) is 3.24. The Morgan fingerprint density at radius 1 is 1.33 bits per heavy atom. The van der Waals surface area contributed by atoms with Gasteiger partial charge in [-0.3, -0.25) is 4.99 Å². The van der Waals surface area contributed by atoms with Gasteiger partial charge in [-0.2, -0.15) is 5.26 Å². The summed E-state index contributed by atoms with van der Waals surface area (Å²) >= 11 is 1.89. The minimum Gasteiger partial charge on any atom is -0.361 e. The van der Waals surface area contributed by atoms with Gasteiger partial charge in [-0.25, -0.2) is 0 Å². The van der Waals surface area contributed by atoms with Gasteiger partial charge in [0.05, 0.1) is 18.2 Å². The molecule has 1 heterocycles. The fraction of sp³-hybridized carbons (Fsp3) is 0.429. The van der Waals surface area contributed by atoms with Crippen LogP contribution in [0.15, 0.2) is 29.3 Å². The third-order valence-electron chi connectivity index (χ3n) is 3.35. The first kappa shape index (κ1) is 11.6. The Morgan fingerprint density at radius 2 is 2.11 bits per heavy atom. The van der Waals surface area contributed by atoms with E-state index in [1.54, 1.807) is 0 Å². The van der Waals surface area contributed by atoms with E-state index in [9.17, 15) is 0 Å². The van der Waals surface area contributed by atoms with Crippen LogP contribution in [0.5, 0.6) is 0 Å². The Bertz CT molecular complexity index is 497. The molecule has 1 atom stereocenters. The molecule has 1 aliphatic heterocycles. The van der Waals surface area contributed by atoms with Gasteiger partial charge in [0.1, 0.15) is 0 Å². The molecule has 0 amide bonds. The average molecular weight is 257 g/mol. The number of hydrogen-bond donors (Lipinski definition) is 1. The van der Waals surface area contributed by atoms with Crippen molar-refractivity contribution in [3.8, 4) is 6.07 Å². The average Bonchev–Trinajstić information content (AvgIpc) is 3.16. The van der Waals surface area contributed by atoms with Gasteiger partial charge in [-0.1, -0.05) is 23.9 Å². The van der Waals surface area contributed by atoms with E-state index in [-0.39, 0.29) is 0 Å². The minimum absolute atomic E-state index is 0.708. The van der Waals surface area contributed by atoms with Crippen LogP contribution in [-0.4, -0.2) is 17.0 Å². The Hall–Kier alpha value is -1.47. The molecule has 0 aromatic heterocycles. The highest BCUT2D eigenvalue weighted by Gasteiger charge is 2.35. The van der Waals surface area contributed by atoms with E-state index < -0.39 is 0 Å². The van der Waals surface area contributed by atoms with Crippen molar-refractivity contribution in [2.24, 2.45) is 10.9 Å². The van der Waals surface area contributed by atoms with Crippen LogP contribution >= 0.6 is 11.8 Å². The van der Waals surface area contributed by atoms with Crippen LogP contribution in [0.2, 0.25) is 0 Å². The lowest BCUT2D eigenvalue weighted by molar-refractivity contribution is 0.772. The summed E-state index contributed by atoms with van der Waals surface area (Å²) in [7, 11) is 0. The lowest BCUT2D eigenvalue weighted by Crippen LogP contribution is -2.19. The molecule has 1 aliphatic carbocycles. The van der Waals surface area contributed by atoms with Crippen LogP contribution in [0.1, 0.15) is 24.0 Å². The van der Waals surface area contributed by atoms with E-state index in [0.29, 0.717) is 10.8 Å². The number of nitriles is 1. The molecule has 1 aromatic carbocycles. The lowest BCUT2D eigenvalue weighted by Gasteiger charge is -2.07. The summed E-state index contributed by atoms with van der Waals surface area (Å²) in [5.41, 5.74) is 1.90. The molecule has 92 valence electrons. The van der Waals surface area contributed by atoms with E-state index in [4.69, 9.17) is 5.26 Å². The molecule has 1 saturated carbocycles. The van der Waals surface area contributed by atoms with Crippen LogP contribution in [0.3, 0.4) is 0 Å². The first-order valence-corrected chi connectivity index (χ1v) is 7.17. The van der Waals surface area contributed by atoms with Crippen molar-refractivity contribution in [2.75, 3.05) is 6.54 Å². The van der Waals surface area contributed by atoms with E-state index >= 15 is 0 Å². The molecule has 1 unspecified atom stereocenters. The maximum atomic E-state index is 8.73. The minimum atomic E-state index is 0.708. The molecule has 3 nitrogen and oxygen atoms in total. The molecule has 3 rings (SSSR count). The van der Waals surface area contributed by atoms with Crippen LogP contribution < -0.4 is 5.32 Å². The number of thioether (sulfide) groups is 1. The van der Waals surface area contributed by atoms with Crippen LogP contribution in [0.25, 0.3) is 0 Å². The summed E-state index contributed by atoms with van der Waals surface area (Å²) in [6.45, 7) is 1.76. The van der Waals surface area contributed by atoms with Gasteiger partial charge in [0, 0.05) is 11.8 Å². The standard InChI is InChI=1S/C14H15N3S/c15-7-10-1-3-11(4-2-10)8-16-14-17-9-13(18-14)12-5-6-12/h1-4,12-13H,5-6,8-9H2,(H,16,17). The Balaban J connectivity index is 1.50. The zero-order valence-electron chi connectivity index (χ0n) is 10.1. The van der Waals surface area contributed by atoms with E-state index in [0.717, 1.165) is 24.2 Å². The number of amidine groups is 1. The van der Waals surface area contributed by atoms with Crippen molar-refractivity contribution >= 4 is 16.9 Å². The summed E-state index contributed by atoms with van der Waals surface area (Å²) in [5, 5.41) is 13.9. The monoisotopic (exact) mass is 257 g/mol. The van der Waals surface area contributed by atoms with Gasteiger partial charge in [0.2, 0.25) is 0 Å². The van der Waals surface area contributed by atoms with Crippen molar-refractivity contribution < 1.29 is 0 Å². The van der Waals surface area contributed by atoms with Gasteiger partial charge in [0.25, 0.3) is 0 Å².